The lowest BCUT2D eigenvalue weighted by Gasteiger charge is -2.26. The molecule has 0 atom stereocenters. The third kappa shape index (κ3) is 6.66. The maximum Gasteiger partial charge on any atom is 0.0645 e. The first kappa shape index (κ1) is 26.3. The maximum atomic E-state index is 9.62. The molecule has 0 saturated heterocycles. The minimum atomic E-state index is -0.397. The number of hydrogen-bond acceptors (Lipinski definition) is 1. The quantitative estimate of drug-likeness (QED) is 0.150. The monoisotopic (exact) mass is 733 g/mol. The van der Waals surface area contributed by atoms with Crippen LogP contribution in [0.2, 0.25) is 0 Å². The fourth-order valence-corrected chi connectivity index (χ4v) is 7.63. The molecule has 0 saturated carbocycles. The van der Waals surface area contributed by atoms with Gasteiger partial charge in [-0.1, -0.05) is 194 Å². The molecule has 0 unspecified atom stereocenters. The van der Waals surface area contributed by atoms with Crippen LogP contribution in [0.15, 0.2) is 236 Å². The summed E-state index contributed by atoms with van der Waals surface area (Å²) in [6.07, 6.45) is 0. The second-order valence-electron chi connectivity index (χ2n) is 13.9. The number of nitrogens with zero attached hydrogens (tertiary/aromatic N) is 1. The zero-order valence-electron chi connectivity index (χ0n) is 38.8. The van der Waals surface area contributed by atoms with Gasteiger partial charge in [0.2, 0.25) is 0 Å². The molecule has 1 nitrogen and oxygen atoms in total. The topological polar surface area (TPSA) is 3.24 Å². The summed E-state index contributed by atoms with van der Waals surface area (Å²) in [5.74, 6) is 0. The molecule has 0 aliphatic heterocycles. The first-order chi connectivity index (χ1) is 31.6. The molecule has 0 amide bonds. The van der Waals surface area contributed by atoms with Crippen molar-refractivity contribution in [2.45, 2.75) is 0 Å². The van der Waals surface area contributed by atoms with Gasteiger partial charge in [-0.05, 0) is 120 Å². The Morgan fingerprint density at radius 2 is 0.789 bits per heavy atom. The average molecular weight is 734 g/mol. The van der Waals surface area contributed by atoms with E-state index in [0.717, 1.165) is 54.9 Å². The fourth-order valence-electron chi connectivity index (χ4n) is 7.63. The largest absolute Gasteiger partial charge is 0.311 e. The lowest BCUT2D eigenvalue weighted by Crippen LogP contribution is -2.09. The summed E-state index contributed by atoms with van der Waals surface area (Å²) in [5, 5.41) is 3.82. The first-order valence-corrected chi connectivity index (χ1v) is 18.9. The van der Waals surface area contributed by atoms with E-state index in [0.29, 0.717) is 16.8 Å². The van der Waals surface area contributed by atoms with Gasteiger partial charge < -0.3 is 4.90 Å². The smallest absolute Gasteiger partial charge is 0.0645 e. The maximum absolute atomic E-state index is 9.62. The van der Waals surface area contributed by atoms with E-state index in [1.807, 2.05) is 127 Å². The van der Waals surface area contributed by atoms with Gasteiger partial charge in [0.05, 0.1) is 11.0 Å². The first-order valence-electron chi connectivity index (χ1n) is 22.9. The van der Waals surface area contributed by atoms with Crippen LogP contribution in [-0.2, 0) is 0 Å². The summed E-state index contributed by atoms with van der Waals surface area (Å²) in [7, 11) is 0. The Labute approximate surface area is 345 Å². The van der Waals surface area contributed by atoms with Crippen LogP contribution in [0.1, 0.15) is 11.0 Å². The molecular weight excluding hydrogens is 687 g/mol. The summed E-state index contributed by atoms with van der Waals surface area (Å²) in [6.45, 7) is 0. The van der Waals surface area contributed by atoms with Gasteiger partial charge in [-0.25, -0.2) is 0 Å². The summed E-state index contributed by atoms with van der Waals surface area (Å²) in [6, 6.07) is 57.3. The SMILES string of the molecule is [2H]c1c([2H])c(N(c2ccc(-c3ccc4ccccc4c3-c3ccccc3)cc2)c2c([2H])c([2H])c(-c3cccc4ccccc34)c([2H])c2[2H])c([2H])c([2H])c1-c1cccc(-c2ccccc2)c1. The molecule has 57 heavy (non-hydrogen) atoms. The standard InChI is InChI=1S/C56H39N/c1-3-13-40(14-4-1)47-20-11-21-48(39-47)41-25-32-49(33-26-41)57(50-34-27-44(28-35-50)53-24-12-19-42-15-7-9-22-52(42)53)51-36-29-45(30-37-51)55-38-31-43-16-8-10-23-54(43)56(55)46-17-5-2-6-18-46/h1-39H/i25D,26D,27D,28D,32D,33D,34D,35D. The molecule has 10 rings (SSSR count). The van der Waals surface area contributed by atoms with E-state index in [-0.39, 0.29) is 46.7 Å². The van der Waals surface area contributed by atoms with E-state index < -0.39 is 24.2 Å². The van der Waals surface area contributed by atoms with E-state index in [2.05, 4.69) is 36.4 Å². The van der Waals surface area contributed by atoms with Crippen molar-refractivity contribution in [1.29, 1.82) is 0 Å². The molecule has 10 aromatic carbocycles. The highest BCUT2D eigenvalue weighted by Gasteiger charge is 2.16. The number of benzene rings is 10. The van der Waals surface area contributed by atoms with Gasteiger partial charge in [-0.3, -0.25) is 0 Å². The van der Waals surface area contributed by atoms with Crippen LogP contribution in [-0.4, -0.2) is 0 Å². The second-order valence-corrected chi connectivity index (χ2v) is 13.9. The molecule has 0 fully saturated rings. The van der Waals surface area contributed by atoms with Crippen molar-refractivity contribution in [3.63, 3.8) is 0 Å². The van der Waals surface area contributed by atoms with E-state index in [9.17, 15) is 11.0 Å². The van der Waals surface area contributed by atoms with Crippen molar-refractivity contribution in [2.24, 2.45) is 0 Å². The van der Waals surface area contributed by atoms with E-state index in [1.54, 1.807) is 24.3 Å². The van der Waals surface area contributed by atoms with Gasteiger partial charge in [0.1, 0.15) is 0 Å². The normalized spacial score (nSPS) is 13.1. The fraction of sp³-hybridized carbons (Fsp3) is 0. The summed E-state index contributed by atoms with van der Waals surface area (Å²) >= 11 is 0. The lowest BCUT2D eigenvalue weighted by atomic mass is 9.90. The summed E-state index contributed by atoms with van der Waals surface area (Å²) < 4.78 is 76.3. The van der Waals surface area contributed by atoms with Gasteiger partial charge in [-0.2, -0.15) is 0 Å². The Bertz CT molecular complexity index is 3400. The lowest BCUT2D eigenvalue weighted by molar-refractivity contribution is 1.28. The predicted octanol–water partition coefficient (Wildman–Crippen LogP) is 15.8. The predicted molar refractivity (Wildman–Crippen MR) is 243 cm³/mol. The average Bonchev–Trinajstić information content (AvgIpc) is 3.35. The van der Waals surface area contributed by atoms with Crippen LogP contribution < -0.4 is 4.90 Å². The molecule has 0 aliphatic rings. The third-order valence-corrected chi connectivity index (χ3v) is 10.4. The Hall–Kier alpha value is -7.48. The number of anilines is 3. The van der Waals surface area contributed by atoms with E-state index >= 15 is 0 Å². The van der Waals surface area contributed by atoms with Gasteiger partial charge in [0.15, 0.2) is 0 Å². The van der Waals surface area contributed by atoms with Crippen molar-refractivity contribution < 1.29 is 11.0 Å². The highest BCUT2D eigenvalue weighted by atomic mass is 15.1. The molecule has 0 spiro atoms. The molecular formula is C56H39N. The van der Waals surface area contributed by atoms with Crippen molar-refractivity contribution >= 4 is 38.6 Å². The van der Waals surface area contributed by atoms with E-state index in [1.165, 1.54) is 4.90 Å². The number of fused-ring (bicyclic) bond motifs is 2. The van der Waals surface area contributed by atoms with Crippen molar-refractivity contribution in [3.8, 4) is 55.6 Å². The number of hydrogen-bond donors (Lipinski definition) is 0. The summed E-state index contributed by atoms with van der Waals surface area (Å²) in [5.41, 5.74) is 6.88. The molecule has 268 valence electrons. The highest BCUT2D eigenvalue weighted by Crippen LogP contribution is 2.42. The van der Waals surface area contributed by atoms with Crippen LogP contribution in [0.3, 0.4) is 0 Å². The van der Waals surface area contributed by atoms with Gasteiger partial charge in [0.25, 0.3) is 0 Å². The Balaban J connectivity index is 1.19. The minimum Gasteiger partial charge on any atom is -0.311 e. The van der Waals surface area contributed by atoms with E-state index in [4.69, 9.17) is 0 Å². The van der Waals surface area contributed by atoms with Crippen LogP contribution in [0.4, 0.5) is 17.1 Å². The van der Waals surface area contributed by atoms with Gasteiger partial charge >= 0.3 is 0 Å². The van der Waals surface area contributed by atoms with Crippen molar-refractivity contribution in [2.75, 3.05) is 4.90 Å². The molecule has 0 N–H and O–H groups in total. The third-order valence-electron chi connectivity index (χ3n) is 10.4. The Morgan fingerprint density at radius 1 is 0.281 bits per heavy atom. The zero-order chi connectivity index (χ0) is 44.9. The second kappa shape index (κ2) is 15.0. The summed E-state index contributed by atoms with van der Waals surface area (Å²) in [4.78, 5) is 1.36. The number of rotatable bonds is 8. The van der Waals surface area contributed by atoms with Crippen molar-refractivity contribution in [3.05, 3.63) is 236 Å². The molecule has 0 radical (unpaired) electrons. The molecule has 0 aromatic heterocycles. The van der Waals surface area contributed by atoms with Crippen LogP contribution >= 0.6 is 0 Å². The van der Waals surface area contributed by atoms with Crippen LogP contribution in [0, 0.1) is 0 Å². The molecule has 0 aliphatic carbocycles. The molecule has 1 heteroatoms. The van der Waals surface area contributed by atoms with Gasteiger partial charge in [0, 0.05) is 17.1 Å². The molecule has 10 aromatic rings. The molecule has 0 heterocycles. The highest BCUT2D eigenvalue weighted by molar-refractivity contribution is 6.04. The Kier molecular flexibility index (Phi) is 6.92. The van der Waals surface area contributed by atoms with Crippen LogP contribution in [0.25, 0.3) is 77.2 Å². The Morgan fingerprint density at radius 3 is 1.47 bits per heavy atom. The zero-order valence-corrected chi connectivity index (χ0v) is 30.8. The minimum absolute atomic E-state index is 0.104. The molecule has 0 bridgehead atoms. The van der Waals surface area contributed by atoms with Gasteiger partial charge in [-0.15, -0.1) is 0 Å². The van der Waals surface area contributed by atoms with Crippen molar-refractivity contribution in [1.82, 2.24) is 0 Å². The van der Waals surface area contributed by atoms with Crippen LogP contribution in [0.5, 0.6) is 0 Å².